The van der Waals surface area contributed by atoms with Crippen LogP contribution in [0.3, 0.4) is 0 Å². The van der Waals surface area contributed by atoms with E-state index in [1.165, 1.54) is 0 Å². The van der Waals surface area contributed by atoms with Crippen LogP contribution in [0.2, 0.25) is 0 Å². The summed E-state index contributed by atoms with van der Waals surface area (Å²) in [5, 5.41) is 17.1. The molecule has 3 aromatic rings. The van der Waals surface area contributed by atoms with Gasteiger partial charge in [0.1, 0.15) is 0 Å². The van der Waals surface area contributed by atoms with Gasteiger partial charge in [0, 0.05) is 23.2 Å². The predicted octanol–water partition coefficient (Wildman–Crippen LogP) is 1.94. The topological polar surface area (TPSA) is 100 Å². The smallest absolute Gasteiger partial charge is 0.414 e. The Morgan fingerprint density at radius 1 is 0.750 bits per heavy atom. The van der Waals surface area contributed by atoms with Crippen molar-refractivity contribution in [2.45, 2.75) is 0 Å². The highest BCUT2D eigenvalue weighted by Gasteiger charge is 2.04. The van der Waals surface area contributed by atoms with Gasteiger partial charge in [0.15, 0.2) is 0 Å². The zero-order valence-corrected chi connectivity index (χ0v) is 10.2. The first-order valence-electron chi connectivity index (χ1n) is 5.64. The van der Waals surface area contributed by atoms with Crippen molar-refractivity contribution in [3.63, 3.8) is 0 Å². The second-order valence-corrected chi connectivity index (χ2v) is 3.83. The van der Waals surface area contributed by atoms with E-state index in [0.717, 1.165) is 21.8 Å². The number of carboxylic acid groups (broad SMARTS) is 2. The zero-order chi connectivity index (χ0) is 14.5. The summed E-state index contributed by atoms with van der Waals surface area (Å²) in [7, 11) is 0. The molecule has 0 aliphatic carbocycles. The quantitative estimate of drug-likeness (QED) is 0.478. The van der Waals surface area contributed by atoms with E-state index in [0.29, 0.717) is 0 Å². The number of rotatable bonds is 0. The molecule has 0 fully saturated rings. The standard InChI is InChI=1S/C12H8N2.C2H2O4/c1-3-9-5-6-10-4-2-8-14-12(10)11(9)13-7-1;3-1(4)2(5)6/h1-8H;(H,3,4)(H,5,6). The molecule has 0 saturated carbocycles. The molecule has 0 bridgehead atoms. The maximum Gasteiger partial charge on any atom is 0.414 e. The highest BCUT2D eigenvalue weighted by atomic mass is 16.4. The van der Waals surface area contributed by atoms with Crippen LogP contribution in [-0.2, 0) is 9.59 Å². The van der Waals surface area contributed by atoms with Gasteiger partial charge in [-0.3, -0.25) is 9.97 Å². The molecular formula is C14H10N2O4. The monoisotopic (exact) mass is 270 g/mol. The lowest BCUT2D eigenvalue weighted by atomic mass is 10.1. The first-order chi connectivity index (χ1) is 9.59. The van der Waals surface area contributed by atoms with Gasteiger partial charge in [-0.15, -0.1) is 0 Å². The van der Waals surface area contributed by atoms with Crippen LogP contribution in [0.15, 0.2) is 48.8 Å². The van der Waals surface area contributed by atoms with Gasteiger partial charge in [0.05, 0.1) is 11.0 Å². The second kappa shape index (κ2) is 5.75. The second-order valence-electron chi connectivity index (χ2n) is 3.83. The average molecular weight is 270 g/mol. The van der Waals surface area contributed by atoms with Crippen molar-refractivity contribution < 1.29 is 19.8 Å². The number of aromatic nitrogens is 2. The van der Waals surface area contributed by atoms with Gasteiger partial charge in [0.2, 0.25) is 0 Å². The van der Waals surface area contributed by atoms with Gasteiger partial charge in [-0.1, -0.05) is 24.3 Å². The molecule has 0 radical (unpaired) electrons. The van der Waals surface area contributed by atoms with E-state index in [4.69, 9.17) is 19.8 Å². The molecule has 100 valence electrons. The Kier molecular flexibility index (Phi) is 3.85. The van der Waals surface area contributed by atoms with Crippen LogP contribution < -0.4 is 0 Å². The Labute approximate surface area is 113 Å². The molecule has 2 N–H and O–H groups in total. The molecular weight excluding hydrogens is 260 g/mol. The summed E-state index contributed by atoms with van der Waals surface area (Å²) in [6.07, 6.45) is 3.60. The number of fused-ring (bicyclic) bond motifs is 3. The summed E-state index contributed by atoms with van der Waals surface area (Å²) in [5.41, 5.74) is 1.95. The summed E-state index contributed by atoms with van der Waals surface area (Å²) in [6.45, 7) is 0. The largest absolute Gasteiger partial charge is 0.473 e. The number of pyridine rings is 2. The highest BCUT2D eigenvalue weighted by molar-refractivity contribution is 6.27. The SMILES string of the molecule is O=C(O)C(=O)O.c1cnc2c(c1)ccc1cccnc12. The predicted molar refractivity (Wildman–Crippen MR) is 72.3 cm³/mol. The van der Waals surface area contributed by atoms with Gasteiger partial charge in [-0.2, -0.15) is 0 Å². The van der Waals surface area contributed by atoms with Gasteiger partial charge in [-0.05, 0) is 12.1 Å². The van der Waals surface area contributed by atoms with Crippen molar-refractivity contribution in [1.82, 2.24) is 9.97 Å². The van der Waals surface area contributed by atoms with Crippen LogP contribution >= 0.6 is 0 Å². The Bertz CT molecular complexity index is 719. The lowest BCUT2D eigenvalue weighted by Crippen LogP contribution is -2.09. The molecule has 0 unspecified atom stereocenters. The Morgan fingerprint density at radius 2 is 1.15 bits per heavy atom. The third-order valence-electron chi connectivity index (χ3n) is 2.53. The number of nitrogens with zero attached hydrogens (tertiary/aromatic N) is 2. The fourth-order valence-electron chi connectivity index (χ4n) is 1.68. The molecule has 0 aliphatic heterocycles. The van der Waals surface area contributed by atoms with Crippen molar-refractivity contribution in [2.24, 2.45) is 0 Å². The van der Waals surface area contributed by atoms with Crippen LogP contribution in [0.5, 0.6) is 0 Å². The number of carboxylic acids is 2. The normalized spacial score (nSPS) is 9.80. The number of hydrogen-bond donors (Lipinski definition) is 2. The number of carbonyl (C=O) groups is 2. The zero-order valence-electron chi connectivity index (χ0n) is 10.2. The molecule has 20 heavy (non-hydrogen) atoms. The fourth-order valence-corrected chi connectivity index (χ4v) is 1.68. The van der Waals surface area contributed by atoms with E-state index in [2.05, 4.69) is 34.2 Å². The van der Waals surface area contributed by atoms with E-state index < -0.39 is 11.9 Å². The van der Waals surface area contributed by atoms with E-state index >= 15 is 0 Å². The molecule has 3 rings (SSSR count). The third-order valence-corrected chi connectivity index (χ3v) is 2.53. The van der Waals surface area contributed by atoms with Gasteiger partial charge in [0.25, 0.3) is 0 Å². The number of hydrogen-bond acceptors (Lipinski definition) is 4. The van der Waals surface area contributed by atoms with E-state index in [-0.39, 0.29) is 0 Å². The maximum atomic E-state index is 9.10. The van der Waals surface area contributed by atoms with Crippen molar-refractivity contribution >= 4 is 33.7 Å². The molecule has 6 nitrogen and oxygen atoms in total. The molecule has 0 saturated heterocycles. The van der Waals surface area contributed by atoms with E-state index in [9.17, 15) is 0 Å². The van der Waals surface area contributed by atoms with Crippen LogP contribution in [0, 0.1) is 0 Å². The lowest BCUT2D eigenvalue weighted by Gasteiger charge is -2.00. The van der Waals surface area contributed by atoms with Crippen LogP contribution in [0.4, 0.5) is 0 Å². The van der Waals surface area contributed by atoms with Gasteiger partial charge in [-0.25, -0.2) is 9.59 Å². The maximum absolute atomic E-state index is 9.10. The first kappa shape index (κ1) is 13.4. The van der Waals surface area contributed by atoms with Crippen LogP contribution in [-0.4, -0.2) is 32.1 Å². The minimum Gasteiger partial charge on any atom is -0.473 e. The summed E-state index contributed by atoms with van der Waals surface area (Å²) in [6, 6.07) is 12.1. The average Bonchev–Trinajstić information content (AvgIpc) is 2.47. The summed E-state index contributed by atoms with van der Waals surface area (Å²) >= 11 is 0. The minimum atomic E-state index is -1.82. The van der Waals surface area contributed by atoms with Gasteiger partial charge < -0.3 is 10.2 Å². The number of benzene rings is 1. The first-order valence-corrected chi connectivity index (χ1v) is 5.64. The van der Waals surface area contributed by atoms with Gasteiger partial charge >= 0.3 is 11.9 Å². The molecule has 1 aromatic carbocycles. The van der Waals surface area contributed by atoms with Crippen LogP contribution in [0.1, 0.15) is 0 Å². The van der Waals surface area contributed by atoms with Crippen molar-refractivity contribution in [1.29, 1.82) is 0 Å². The molecule has 0 spiro atoms. The molecule has 2 aromatic heterocycles. The molecule has 6 heteroatoms. The van der Waals surface area contributed by atoms with Crippen LogP contribution in [0.25, 0.3) is 21.8 Å². The Morgan fingerprint density at radius 3 is 1.50 bits per heavy atom. The summed E-state index contributed by atoms with van der Waals surface area (Å²) in [4.78, 5) is 26.9. The Hall–Kier alpha value is -3.02. The Balaban J connectivity index is 0.000000212. The minimum absolute atomic E-state index is 0.977. The van der Waals surface area contributed by atoms with Crippen molar-refractivity contribution in [2.75, 3.05) is 0 Å². The van der Waals surface area contributed by atoms with E-state index in [1.807, 2.05) is 12.1 Å². The van der Waals surface area contributed by atoms with Crippen molar-refractivity contribution in [3.8, 4) is 0 Å². The van der Waals surface area contributed by atoms with Crippen molar-refractivity contribution in [3.05, 3.63) is 48.8 Å². The third kappa shape index (κ3) is 2.86. The lowest BCUT2D eigenvalue weighted by molar-refractivity contribution is -0.159. The summed E-state index contributed by atoms with van der Waals surface area (Å²) in [5.74, 6) is -3.65. The molecule has 0 amide bonds. The summed E-state index contributed by atoms with van der Waals surface area (Å²) < 4.78 is 0. The number of aliphatic carboxylic acids is 2. The highest BCUT2D eigenvalue weighted by Crippen LogP contribution is 2.20. The molecule has 0 atom stereocenters. The molecule has 0 aliphatic rings. The van der Waals surface area contributed by atoms with E-state index in [1.54, 1.807) is 12.4 Å². The fraction of sp³-hybridized carbons (Fsp3) is 0. The molecule has 2 heterocycles.